The fourth-order valence-electron chi connectivity index (χ4n) is 1.30. The molecule has 0 aromatic carbocycles. The minimum absolute atomic E-state index is 0.104. The van der Waals surface area contributed by atoms with Crippen LogP contribution in [-0.2, 0) is 19.1 Å². The van der Waals surface area contributed by atoms with E-state index in [-0.39, 0.29) is 24.4 Å². The Kier molecular flexibility index (Phi) is 13.5. The van der Waals surface area contributed by atoms with Gasteiger partial charge in [-0.25, -0.2) is 0 Å². The number of ketones is 1. The first-order valence-electron chi connectivity index (χ1n) is 6.17. The summed E-state index contributed by atoms with van der Waals surface area (Å²) in [6.07, 6.45) is 2.32. The van der Waals surface area contributed by atoms with Crippen molar-refractivity contribution in [2.45, 2.75) is 58.7 Å². The van der Waals surface area contributed by atoms with Gasteiger partial charge >= 0.3 is 5.97 Å². The fraction of sp³-hybridized carbons (Fsp3) is 0.846. The number of carboxylic acids is 1. The Morgan fingerprint density at radius 1 is 1.00 bits per heavy atom. The SMILES string of the molecule is CCC(CC(=O)O)OC.CC[C@H](CC(C)=O)OC. The zero-order valence-electron chi connectivity index (χ0n) is 12.1. The van der Waals surface area contributed by atoms with Crippen molar-refractivity contribution in [1.82, 2.24) is 0 Å². The Labute approximate surface area is 109 Å². The Balaban J connectivity index is 0. The summed E-state index contributed by atoms with van der Waals surface area (Å²) in [5, 5.41) is 8.27. The van der Waals surface area contributed by atoms with Gasteiger partial charge in [-0.3, -0.25) is 9.59 Å². The lowest BCUT2D eigenvalue weighted by atomic mass is 10.1. The summed E-state index contributed by atoms with van der Waals surface area (Å²) in [4.78, 5) is 20.5. The van der Waals surface area contributed by atoms with Crippen LogP contribution in [0.2, 0.25) is 0 Å². The molecule has 0 bridgehead atoms. The average Bonchev–Trinajstić information content (AvgIpc) is 2.33. The van der Waals surface area contributed by atoms with Crippen molar-refractivity contribution < 1.29 is 24.2 Å². The van der Waals surface area contributed by atoms with Gasteiger partial charge in [-0.2, -0.15) is 0 Å². The van der Waals surface area contributed by atoms with Crippen molar-refractivity contribution in [2.24, 2.45) is 0 Å². The zero-order chi connectivity index (χ0) is 14.6. The molecular formula is C13H26O5. The van der Waals surface area contributed by atoms with Crippen molar-refractivity contribution in [3.8, 4) is 0 Å². The molecular weight excluding hydrogens is 236 g/mol. The second-order valence-electron chi connectivity index (χ2n) is 4.04. The summed E-state index contributed by atoms with van der Waals surface area (Å²) in [5.74, 6) is -0.604. The van der Waals surface area contributed by atoms with E-state index in [0.29, 0.717) is 6.42 Å². The second kappa shape index (κ2) is 12.5. The van der Waals surface area contributed by atoms with Gasteiger partial charge in [0.25, 0.3) is 0 Å². The molecule has 1 unspecified atom stereocenters. The van der Waals surface area contributed by atoms with Crippen LogP contribution in [0, 0.1) is 0 Å². The molecule has 0 saturated carbocycles. The van der Waals surface area contributed by atoms with Crippen molar-refractivity contribution in [2.75, 3.05) is 14.2 Å². The molecule has 1 N–H and O–H groups in total. The molecule has 5 heteroatoms. The first kappa shape index (κ1) is 19.4. The third-order valence-electron chi connectivity index (χ3n) is 2.49. The molecule has 0 heterocycles. The van der Waals surface area contributed by atoms with Crippen LogP contribution in [0.25, 0.3) is 0 Å². The molecule has 2 atom stereocenters. The molecule has 0 fully saturated rings. The standard InChI is InChI=1S/C7H14O2.C6H12O3/c1-4-7(9-3)5-6(2)8;1-3-5(9-2)4-6(7)8/h7H,4-5H2,1-3H3;5H,3-4H2,1-2H3,(H,7,8)/t7-;/m1./s1. The van der Waals surface area contributed by atoms with Gasteiger partial charge in [-0.1, -0.05) is 13.8 Å². The third-order valence-corrected chi connectivity index (χ3v) is 2.49. The zero-order valence-corrected chi connectivity index (χ0v) is 12.1. The van der Waals surface area contributed by atoms with Crippen LogP contribution in [0.4, 0.5) is 0 Å². The molecule has 5 nitrogen and oxygen atoms in total. The minimum Gasteiger partial charge on any atom is -0.481 e. The number of hydrogen-bond acceptors (Lipinski definition) is 4. The number of aliphatic carboxylic acids is 1. The number of methoxy groups -OCH3 is 2. The predicted octanol–water partition coefficient (Wildman–Crippen LogP) is 2.28. The van der Waals surface area contributed by atoms with Crippen molar-refractivity contribution >= 4 is 11.8 Å². The van der Waals surface area contributed by atoms with E-state index in [1.807, 2.05) is 13.8 Å². The smallest absolute Gasteiger partial charge is 0.305 e. The molecule has 0 radical (unpaired) electrons. The number of Topliss-reactive ketones (excluding diaryl/α,β-unsaturated/α-hetero) is 1. The molecule has 18 heavy (non-hydrogen) atoms. The molecule has 0 aromatic rings. The van der Waals surface area contributed by atoms with Gasteiger partial charge < -0.3 is 14.6 Å². The second-order valence-corrected chi connectivity index (χ2v) is 4.04. The minimum atomic E-state index is -0.802. The normalized spacial score (nSPS) is 13.2. The van der Waals surface area contributed by atoms with Crippen LogP contribution in [0.15, 0.2) is 0 Å². The number of rotatable bonds is 8. The quantitative estimate of drug-likeness (QED) is 0.726. The average molecular weight is 262 g/mol. The predicted molar refractivity (Wildman–Crippen MR) is 69.7 cm³/mol. The summed E-state index contributed by atoms with van der Waals surface area (Å²) in [6, 6.07) is 0. The molecule has 0 saturated heterocycles. The van der Waals surface area contributed by atoms with E-state index in [1.165, 1.54) is 7.11 Å². The van der Waals surface area contributed by atoms with E-state index in [4.69, 9.17) is 14.6 Å². The van der Waals surface area contributed by atoms with Crippen LogP contribution < -0.4 is 0 Å². The van der Waals surface area contributed by atoms with Gasteiger partial charge in [0.15, 0.2) is 0 Å². The monoisotopic (exact) mass is 262 g/mol. The van der Waals surface area contributed by atoms with E-state index in [9.17, 15) is 9.59 Å². The molecule has 0 aromatic heterocycles. The van der Waals surface area contributed by atoms with Gasteiger partial charge in [-0.15, -0.1) is 0 Å². The summed E-state index contributed by atoms with van der Waals surface area (Å²) >= 11 is 0. The van der Waals surface area contributed by atoms with Crippen molar-refractivity contribution in [1.29, 1.82) is 0 Å². The van der Waals surface area contributed by atoms with Gasteiger partial charge in [0.2, 0.25) is 0 Å². The van der Waals surface area contributed by atoms with E-state index in [2.05, 4.69) is 0 Å². The van der Waals surface area contributed by atoms with E-state index >= 15 is 0 Å². The fourth-order valence-corrected chi connectivity index (χ4v) is 1.30. The van der Waals surface area contributed by atoms with Gasteiger partial charge in [0.1, 0.15) is 5.78 Å². The Morgan fingerprint density at radius 2 is 1.39 bits per heavy atom. The van der Waals surface area contributed by atoms with Crippen LogP contribution in [0.1, 0.15) is 46.5 Å². The van der Waals surface area contributed by atoms with Gasteiger partial charge in [0, 0.05) is 20.6 Å². The van der Waals surface area contributed by atoms with Crippen molar-refractivity contribution in [3.05, 3.63) is 0 Å². The Morgan fingerprint density at radius 3 is 1.50 bits per heavy atom. The highest BCUT2D eigenvalue weighted by molar-refractivity contribution is 5.75. The van der Waals surface area contributed by atoms with Crippen LogP contribution in [0.3, 0.4) is 0 Å². The first-order chi connectivity index (χ1) is 8.40. The van der Waals surface area contributed by atoms with Crippen LogP contribution in [0.5, 0.6) is 0 Å². The molecule has 0 amide bonds. The first-order valence-corrected chi connectivity index (χ1v) is 6.17. The number of carbonyl (C=O) groups excluding carboxylic acids is 1. The van der Waals surface area contributed by atoms with Crippen molar-refractivity contribution in [3.63, 3.8) is 0 Å². The van der Waals surface area contributed by atoms with E-state index in [0.717, 1.165) is 12.8 Å². The molecule has 108 valence electrons. The summed E-state index contributed by atoms with van der Waals surface area (Å²) in [6.45, 7) is 5.50. The summed E-state index contributed by atoms with van der Waals surface area (Å²) in [7, 11) is 3.16. The Hall–Kier alpha value is -0.940. The largest absolute Gasteiger partial charge is 0.481 e. The maximum absolute atomic E-state index is 10.5. The number of hydrogen-bond donors (Lipinski definition) is 1. The maximum Gasteiger partial charge on any atom is 0.305 e. The highest BCUT2D eigenvalue weighted by Gasteiger charge is 2.08. The summed E-state index contributed by atoms with van der Waals surface area (Å²) in [5.41, 5.74) is 0. The maximum atomic E-state index is 10.5. The Bertz CT molecular complexity index is 195. The lowest BCUT2D eigenvalue weighted by Crippen LogP contribution is -2.14. The lowest BCUT2D eigenvalue weighted by molar-refractivity contribution is -0.139. The molecule has 0 spiro atoms. The number of carboxylic acid groups (broad SMARTS) is 1. The molecule has 0 aliphatic rings. The van der Waals surface area contributed by atoms with Crippen LogP contribution in [-0.4, -0.2) is 43.3 Å². The lowest BCUT2D eigenvalue weighted by Gasteiger charge is -2.08. The number of ether oxygens (including phenoxy) is 2. The summed E-state index contributed by atoms with van der Waals surface area (Å²) < 4.78 is 9.82. The number of carbonyl (C=O) groups is 2. The van der Waals surface area contributed by atoms with E-state index in [1.54, 1.807) is 14.0 Å². The highest BCUT2D eigenvalue weighted by Crippen LogP contribution is 2.01. The molecule has 0 aliphatic carbocycles. The topological polar surface area (TPSA) is 72.8 Å². The van der Waals surface area contributed by atoms with Gasteiger partial charge in [0.05, 0.1) is 18.6 Å². The highest BCUT2D eigenvalue weighted by atomic mass is 16.5. The van der Waals surface area contributed by atoms with E-state index < -0.39 is 5.97 Å². The molecule has 0 rings (SSSR count). The van der Waals surface area contributed by atoms with Gasteiger partial charge in [-0.05, 0) is 19.8 Å². The molecule has 0 aliphatic heterocycles. The van der Waals surface area contributed by atoms with Crippen LogP contribution >= 0.6 is 0 Å². The third kappa shape index (κ3) is 13.1.